The quantitative estimate of drug-likeness (QED) is 0.858. The van der Waals surface area contributed by atoms with E-state index in [1.807, 2.05) is 36.4 Å². The van der Waals surface area contributed by atoms with E-state index in [2.05, 4.69) is 10.2 Å². The van der Waals surface area contributed by atoms with Crippen LogP contribution in [0.1, 0.15) is 15.9 Å². The summed E-state index contributed by atoms with van der Waals surface area (Å²) in [5, 5.41) is 2.93. The molecule has 1 fully saturated rings. The van der Waals surface area contributed by atoms with Crippen molar-refractivity contribution < 1.29 is 19.1 Å². The number of morpholine rings is 1. The molecular formula is C20H20N2O4. The molecule has 6 heteroatoms. The van der Waals surface area contributed by atoms with Gasteiger partial charge in [-0.05, 0) is 23.8 Å². The molecule has 1 N–H and O–H groups in total. The molecular weight excluding hydrogens is 332 g/mol. The van der Waals surface area contributed by atoms with E-state index in [-0.39, 0.29) is 5.91 Å². The molecule has 0 aliphatic carbocycles. The van der Waals surface area contributed by atoms with Crippen molar-refractivity contribution in [3.63, 3.8) is 0 Å². The second-order valence-corrected chi connectivity index (χ2v) is 6.36. The summed E-state index contributed by atoms with van der Waals surface area (Å²) in [6.45, 7) is 2.88. The average molecular weight is 352 g/mol. The zero-order chi connectivity index (χ0) is 17.9. The van der Waals surface area contributed by atoms with E-state index < -0.39 is 12.1 Å². The lowest BCUT2D eigenvalue weighted by atomic mass is 9.98. The highest BCUT2D eigenvalue weighted by Gasteiger charge is 2.31. The van der Waals surface area contributed by atoms with Crippen LogP contribution in [0.5, 0.6) is 0 Å². The average Bonchev–Trinajstić information content (AvgIpc) is 2.69. The molecule has 0 aromatic heterocycles. The molecule has 0 spiro atoms. The normalized spacial score (nSPS) is 19.5. The maximum Gasteiger partial charge on any atom is 0.339 e. The van der Waals surface area contributed by atoms with E-state index in [4.69, 9.17) is 9.47 Å². The summed E-state index contributed by atoms with van der Waals surface area (Å²) >= 11 is 0. The van der Waals surface area contributed by atoms with Crippen molar-refractivity contribution in [2.24, 2.45) is 0 Å². The number of carbonyl (C=O) groups excluding carboxylic acids is 2. The lowest BCUT2D eigenvalue weighted by Crippen LogP contribution is -2.39. The molecule has 0 saturated carbocycles. The first-order chi connectivity index (χ1) is 12.7. The second-order valence-electron chi connectivity index (χ2n) is 6.36. The highest BCUT2D eigenvalue weighted by molar-refractivity contribution is 6.01. The Morgan fingerprint density at radius 1 is 1.04 bits per heavy atom. The van der Waals surface area contributed by atoms with Gasteiger partial charge in [0.1, 0.15) is 0 Å². The van der Waals surface area contributed by atoms with Crippen molar-refractivity contribution in [2.45, 2.75) is 12.5 Å². The van der Waals surface area contributed by atoms with Gasteiger partial charge in [-0.25, -0.2) is 4.79 Å². The maximum atomic E-state index is 12.7. The number of nitrogens with zero attached hydrogens (tertiary/aromatic N) is 1. The van der Waals surface area contributed by atoms with Crippen LogP contribution in [0.25, 0.3) is 0 Å². The van der Waals surface area contributed by atoms with Gasteiger partial charge < -0.3 is 19.7 Å². The zero-order valence-corrected chi connectivity index (χ0v) is 14.3. The first kappa shape index (κ1) is 16.6. The third-order valence-electron chi connectivity index (χ3n) is 4.70. The number of rotatable bonds is 3. The van der Waals surface area contributed by atoms with Gasteiger partial charge in [0.05, 0.1) is 30.2 Å². The van der Waals surface area contributed by atoms with Crippen molar-refractivity contribution in [1.82, 2.24) is 0 Å². The number of nitrogens with one attached hydrogen (secondary N) is 1. The largest absolute Gasteiger partial charge is 0.448 e. The van der Waals surface area contributed by atoms with Gasteiger partial charge in [0.2, 0.25) is 0 Å². The Kier molecular flexibility index (Phi) is 4.58. The molecule has 1 amide bonds. The smallest absolute Gasteiger partial charge is 0.339 e. The lowest BCUT2D eigenvalue weighted by molar-refractivity contribution is -0.125. The van der Waals surface area contributed by atoms with Crippen LogP contribution in [0.4, 0.5) is 11.4 Å². The minimum Gasteiger partial charge on any atom is -0.448 e. The molecule has 134 valence electrons. The van der Waals surface area contributed by atoms with Gasteiger partial charge in [-0.2, -0.15) is 0 Å². The van der Waals surface area contributed by atoms with Gasteiger partial charge in [0.25, 0.3) is 5.91 Å². The van der Waals surface area contributed by atoms with E-state index in [1.165, 1.54) is 0 Å². The molecule has 1 saturated heterocycles. The highest BCUT2D eigenvalue weighted by atomic mass is 16.5. The van der Waals surface area contributed by atoms with Crippen molar-refractivity contribution >= 4 is 23.3 Å². The zero-order valence-electron chi connectivity index (χ0n) is 14.3. The van der Waals surface area contributed by atoms with Crippen LogP contribution in [0.3, 0.4) is 0 Å². The predicted molar refractivity (Wildman–Crippen MR) is 97.5 cm³/mol. The lowest BCUT2D eigenvalue weighted by Gasteiger charge is -2.31. The Balaban J connectivity index is 1.52. The topological polar surface area (TPSA) is 67.9 Å². The summed E-state index contributed by atoms with van der Waals surface area (Å²) < 4.78 is 10.7. The van der Waals surface area contributed by atoms with Crippen LogP contribution in [-0.4, -0.2) is 44.3 Å². The first-order valence-electron chi connectivity index (χ1n) is 8.74. The van der Waals surface area contributed by atoms with E-state index >= 15 is 0 Å². The number of carbonyl (C=O) groups is 2. The summed E-state index contributed by atoms with van der Waals surface area (Å²) in [5.41, 5.74) is 3.04. The number of cyclic esters (lactones) is 1. The molecule has 0 radical (unpaired) electrons. The second kappa shape index (κ2) is 7.17. The van der Waals surface area contributed by atoms with Gasteiger partial charge in [-0.1, -0.05) is 30.3 Å². The summed E-state index contributed by atoms with van der Waals surface area (Å²) in [7, 11) is 0. The molecule has 4 rings (SSSR count). The van der Waals surface area contributed by atoms with E-state index in [0.717, 1.165) is 24.3 Å². The van der Waals surface area contributed by atoms with Crippen LogP contribution in [0.2, 0.25) is 0 Å². The number of anilines is 2. The number of ether oxygens (including phenoxy) is 2. The van der Waals surface area contributed by atoms with Crippen molar-refractivity contribution in [3.8, 4) is 0 Å². The van der Waals surface area contributed by atoms with E-state index in [9.17, 15) is 9.59 Å². The fourth-order valence-corrected chi connectivity index (χ4v) is 3.35. The first-order valence-corrected chi connectivity index (χ1v) is 8.74. The molecule has 26 heavy (non-hydrogen) atoms. The van der Waals surface area contributed by atoms with Gasteiger partial charge in [-0.3, -0.25) is 4.79 Å². The number of esters is 1. The fourth-order valence-electron chi connectivity index (χ4n) is 3.35. The van der Waals surface area contributed by atoms with Crippen LogP contribution < -0.4 is 10.2 Å². The van der Waals surface area contributed by atoms with Crippen molar-refractivity contribution in [3.05, 3.63) is 59.7 Å². The molecule has 2 aliphatic rings. The molecule has 2 aromatic carbocycles. The fraction of sp³-hybridized carbons (Fsp3) is 0.300. The predicted octanol–water partition coefficient (Wildman–Crippen LogP) is 2.24. The summed E-state index contributed by atoms with van der Waals surface area (Å²) in [4.78, 5) is 27.1. The number of amides is 1. The summed E-state index contributed by atoms with van der Waals surface area (Å²) in [6.07, 6.45) is -0.442. The number of hydrogen-bond donors (Lipinski definition) is 1. The maximum absolute atomic E-state index is 12.7. The third kappa shape index (κ3) is 3.28. The van der Waals surface area contributed by atoms with Gasteiger partial charge >= 0.3 is 5.97 Å². The minimum atomic E-state index is -0.824. The Morgan fingerprint density at radius 3 is 2.62 bits per heavy atom. The van der Waals surface area contributed by atoms with E-state index in [0.29, 0.717) is 30.9 Å². The third-order valence-corrected chi connectivity index (χ3v) is 4.70. The summed E-state index contributed by atoms with van der Waals surface area (Å²) in [6, 6.07) is 14.9. The number of fused-ring (bicyclic) bond motifs is 1. The standard InChI is InChI=1S/C20H20N2O4/c23-19(18-13-14-5-1-2-6-15(14)20(24)26-18)21-16-7-3-4-8-17(16)22-9-11-25-12-10-22/h1-8,18H,9-13H2,(H,21,23)/t18-/m0/s1. The van der Waals surface area contributed by atoms with Gasteiger partial charge in [-0.15, -0.1) is 0 Å². The van der Waals surface area contributed by atoms with Crippen LogP contribution in [-0.2, 0) is 20.7 Å². The number of para-hydroxylation sites is 2. The highest BCUT2D eigenvalue weighted by Crippen LogP contribution is 2.28. The number of benzene rings is 2. The molecule has 2 heterocycles. The molecule has 0 bridgehead atoms. The van der Waals surface area contributed by atoms with Crippen LogP contribution in [0.15, 0.2) is 48.5 Å². The molecule has 1 atom stereocenters. The Hall–Kier alpha value is -2.86. The molecule has 2 aliphatic heterocycles. The minimum absolute atomic E-state index is 0.312. The Bertz CT molecular complexity index is 830. The Morgan fingerprint density at radius 2 is 1.77 bits per heavy atom. The van der Waals surface area contributed by atoms with Gasteiger partial charge in [0, 0.05) is 19.5 Å². The molecule has 6 nitrogen and oxygen atoms in total. The van der Waals surface area contributed by atoms with Crippen molar-refractivity contribution in [1.29, 1.82) is 0 Å². The van der Waals surface area contributed by atoms with Gasteiger partial charge in [0.15, 0.2) is 6.10 Å². The van der Waals surface area contributed by atoms with E-state index in [1.54, 1.807) is 12.1 Å². The monoisotopic (exact) mass is 352 g/mol. The van der Waals surface area contributed by atoms with Crippen LogP contribution >= 0.6 is 0 Å². The van der Waals surface area contributed by atoms with Crippen LogP contribution in [0, 0.1) is 0 Å². The molecule has 0 unspecified atom stereocenters. The summed E-state index contributed by atoms with van der Waals surface area (Å²) in [5.74, 6) is -0.762. The molecule has 2 aromatic rings. The Labute approximate surface area is 151 Å². The SMILES string of the molecule is O=C1O[C@H](C(=O)Nc2ccccc2N2CCOCC2)Cc2ccccc21. The number of hydrogen-bond acceptors (Lipinski definition) is 5. The van der Waals surface area contributed by atoms with Crippen molar-refractivity contribution in [2.75, 3.05) is 36.5 Å².